The standard InChI is InChI=1S/C33H41N3O5.CH4/c1-22(2)20-40-29-18-25(32(34)38)14-16-28(29)36-33(39)26-15-17-27(30(19-26)41-21-23(3)4)35-31(37)13-9-8-12-24-10-6-5-7-11-24;/h5-7,10-11,14-19,22-23H,8-9,12-13,20-21H2,1-4H3,(H2,34,38)(H,35,37)(H,36,39);1H4. The molecule has 0 atom stereocenters. The predicted molar refractivity (Wildman–Crippen MR) is 169 cm³/mol. The molecule has 0 radical (unpaired) electrons. The minimum Gasteiger partial charge on any atom is -0.491 e. The maximum Gasteiger partial charge on any atom is 0.255 e. The molecule has 226 valence electrons. The molecule has 42 heavy (non-hydrogen) atoms. The highest BCUT2D eigenvalue weighted by molar-refractivity contribution is 6.06. The second-order valence-corrected chi connectivity index (χ2v) is 10.9. The van der Waals surface area contributed by atoms with Crippen LogP contribution in [0.2, 0.25) is 0 Å². The van der Waals surface area contributed by atoms with Gasteiger partial charge in [-0.3, -0.25) is 14.4 Å². The van der Waals surface area contributed by atoms with Crippen molar-refractivity contribution in [1.82, 2.24) is 0 Å². The highest BCUT2D eigenvalue weighted by Crippen LogP contribution is 2.30. The van der Waals surface area contributed by atoms with E-state index in [1.165, 1.54) is 17.7 Å². The molecule has 0 aromatic heterocycles. The van der Waals surface area contributed by atoms with E-state index in [9.17, 15) is 14.4 Å². The van der Waals surface area contributed by atoms with E-state index in [0.717, 1.165) is 19.3 Å². The van der Waals surface area contributed by atoms with Crippen molar-refractivity contribution in [3.8, 4) is 11.5 Å². The summed E-state index contributed by atoms with van der Waals surface area (Å²) >= 11 is 0. The Hall–Kier alpha value is -4.33. The fraction of sp³-hybridized carbons (Fsp3) is 0.382. The van der Waals surface area contributed by atoms with Gasteiger partial charge in [-0.05, 0) is 73.1 Å². The third-order valence-electron chi connectivity index (χ3n) is 6.14. The number of primary amides is 1. The summed E-state index contributed by atoms with van der Waals surface area (Å²) in [6.45, 7) is 8.87. The zero-order valence-corrected chi connectivity index (χ0v) is 24.4. The van der Waals surface area contributed by atoms with Crippen molar-refractivity contribution in [2.75, 3.05) is 23.8 Å². The van der Waals surface area contributed by atoms with Crippen LogP contribution < -0.4 is 25.8 Å². The van der Waals surface area contributed by atoms with Gasteiger partial charge in [0.15, 0.2) is 0 Å². The number of hydrogen-bond acceptors (Lipinski definition) is 5. The Morgan fingerprint density at radius 1 is 0.738 bits per heavy atom. The second kappa shape index (κ2) is 16.8. The van der Waals surface area contributed by atoms with E-state index < -0.39 is 5.91 Å². The minimum atomic E-state index is -0.585. The number of nitrogens with two attached hydrogens (primary N) is 1. The van der Waals surface area contributed by atoms with E-state index in [1.807, 2.05) is 45.9 Å². The molecule has 0 bridgehead atoms. The van der Waals surface area contributed by atoms with Crippen LogP contribution in [-0.2, 0) is 11.2 Å². The maximum absolute atomic E-state index is 13.2. The van der Waals surface area contributed by atoms with Gasteiger partial charge in [0, 0.05) is 17.5 Å². The highest BCUT2D eigenvalue weighted by atomic mass is 16.5. The van der Waals surface area contributed by atoms with Gasteiger partial charge in [-0.2, -0.15) is 0 Å². The first-order chi connectivity index (χ1) is 19.6. The van der Waals surface area contributed by atoms with Crippen molar-refractivity contribution in [3.05, 3.63) is 83.4 Å². The molecule has 0 saturated heterocycles. The van der Waals surface area contributed by atoms with E-state index in [-0.39, 0.29) is 36.6 Å². The van der Waals surface area contributed by atoms with Gasteiger partial charge in [0.25, 0.3) is 5.91 Å². The van der Waals surface area contributed by atoms with Gasteiger partial charge in [-0.15, -0.1) is 0 Å². The number of benzene rings is 3. The topological polar surface area (TPSA) is 120 Å². The van der Waals surface area contributed by atoms with Gasteiger partial charge in [0.1, 0.15) is 11.5 Å². The molecule has 3 rings (SSSR count). The first-order valence-corrected chi connectivity index (χ1v) is 14.1. The van der Waals surface area contributed by atoms with Crippen LogP contribution in [0.1, 0.15) is 80.7 Å². The van der Waals surface area contributed by atoms with Crippen LogP contribution in [0, 0.1) is 11.8 Å². The lowest BCUT2D eigenvalue weighted by molar-refractivity contribution is -0.116. The lowest BCUT2D eigenvalue weighted by atomic mass is 10.1. The zero-order chi connectivity index (χ0) is 29.8. The molecule has 0 spiro atoms. The van der Waals surface area contributed by atoms with Crippen molar-refractivity contribution in [2.45, 2.75) is 60.8 Å². The van der Waals surface area contributed by atoms with Gasteiger partial charge in [-0.25, -0.2) is 0 Å². The summed E-state index contributed by atoms with van der Waals surface area (Å²) in [5.74, 6) is 0.185. The summed E-state index contributed by atoms with van der Waals surface area (Å²) in [6, 6.07) is 19.8. The number of unbranched alkanes of at least 4 members (excludes halogenated alkanes) is 1. The summed E-state index contributed by atoms with van der Waals surface area (Å²) < 4.78 is 11.8. The smallest absolute Gasteiger partial charge is 0.255 e. The quantitative estimate of drug-likeness (QED) is 0.167. The van der Waals surface area contributed by atoms with Crippen molar-refractivity contribution < 1.29 is 23.9 Å². The number of nitrogens with one attached hydrogen (secondary N) is 2. The van der Waals surface area contributed by atoms with E-state index in [1.54, 1.807) is 24.3 Å². The third kappa shape index (κ3) is 10.9. The van der Waals surface area contributed by atoms with Gasteiger partial charge in [0.05, 0.1) is 24.6 Å². The number of ether oxygens (including phenoxy) is 2. The second-order valence-electron chi connectivity index (χ2n) is 10.9. The highest BCUT2D eigenvalue weighted by Gasteiger charge is 2.17. The molecular weight excluding hydrogens is 530 g/mol. The van der Waals surface area contributed by atoms with Crippen LogP contribution in [0.3, 0.4) is 0 Å². The number of rotatable bonds is 15. The average molecular weight is 576 g/mol. The van der Waals surface area contributed by atoms with Crippen molar-refractivity contribution in [1.29, 1.82) is 0 Å². The van der Waals surface area contributed by atoms with Crippen LogP contribution in [0.25, 0.3) is 0 Å². The molecule has 8 heteroatoms. The zero-order valence-electron chi connectivity index (χ0n) is 24.4. The van der Waals surface area contributed by atoms with Crippen LogP contribution in [0.15, 0.2) is 66.7 Å². The fourth-order valence-electron chi connectivity index (χ4n) is 3.96. The van der Waals surface area contributed by atoms with Gasteiger partial charge < -0.3 is 25.8 Å². The minimum absolute atomic E-state index is 0. The van der Waals surface area contributed by atoms with Crippen molar-refractivity contribution >= 4 is 29.1 Å². The van der Waals surface area contributed by atoms with Gasteiger partial charge >= 0.3 is 0 Å². The van der Waals surface area contributed by atoms with Crippen LogP contribution >= 0.6 is 0 Å². The molecule has 0 unspecified atom stereocenters. The molecule has 0 aliphatic heterocycles. The van der Waals surface area contributed by atoms with E-state index >= 15 is 0 Å². The predicted octanol–water partition coefficient (Wildman–Crippen LogP) is 7.10. The van der Waals surface area contributed by atoms with E-state index in [4.69, 9.17) is 15.2 Å². The third-order valence-corrected chi connectivity index (χ3v) is 6.14. The largest absolute Gasteiger partial charge is 0.491 e. The number of carbonyl (C=O) groups is 3. The molecule has 0 aliphatic rings. The molecule has 4 N–H and O–H groups in total. The first-order valence-electron chi connectivity index (χ1n) is 14.1. The molecule has 3 aromatic rings. The molecule has 8 nitrogen and oxygen atoms in total. The van der Waals surface area contributed by atoms with E-state index in [2.05, 4.69) is 22.8 Å². The lowest BCUT2D eigenvalue weighted by Crippen LogP contribution is -2.17. The number of anilines is 2. The Bertz CT molecular complexity index is 1320. The number of aryl methyl sites for hydroxylation is 1. The molecule has 3 aromatic carbocycles. The molecule has 0 saturated carbocycles. The van der Waals surface area contributed by atoms with E-state index in [0.29, 0.717) is 48.1 Å². The normalized spacial score (nSPS) is 10.6. The van der Waals surface area contributed by atoms with Crippen LogP contribution in [-0.4, -0.2) is 30.9 Å². The first kappa shape index (κ1) is 33.9. The van der Waals surface area contributed by atoms with Crippen LogP contribution in [0.5, 0.6) is 11.5 Å². The Morgan fingerprint density at radius 2 is 1.29 bits per heavy atom. The summed E-state index contributed by atoms with van der Waals surface area (Å²) in [5.41, 5.74) is 8.25. The molecule has 0 fully saturated rings. The van der Waals surface area contributed by atoms with Crippen LogP contribution in [0.4, 0.5) is 11.4 Å². The molecule has 3 amide bonds. The Labute approximate surface area is 250 Å². The number of amides is 3. The SMILES string of the molecule is C.CC(C)COc1cc(C(=O)Nc2ccc(C(N)=O)cc2OCC(C)C)ccc1NC(=O)CCCCc1ccccc1. The molecular formula is C34H45N3O5. The Morgan fingerprint density at radius 3 is 1.86 bits per heavy atom. The fourth-order valence-corrected chi connectivity index (χ4v) is 3.96. The Kier molecular flexibility index (Phi) is 13.6. The molecule has 0 heterocycles. The van der Waals surface area contributed by atoms with Crippen molar-refractivity contribution in [2.24, 2.45) is 17.6 Å². The maximum atomic E-state index is 13.2. The lowest BCUT2D eigenvalue weighted by Gasteiger charge is -2.17. The average Bonchev–Trinajstić information content (AvgIpc) is 2.94. The summed E-state index contributed by atoms with van der Waals surface area (Å²) in [5, 5.41) is 5.80. The molecule has 0 aliphatic carbocycles. The summed E-state index contributed by atoms with van der Waals surface area (Å²) in [7, 11) is 0. The number of carbonyl (C=O) groups excluding carboxylic acids is 3. The van der Waals surface area contributed by atoms with Gasteiger partial charge in [0.2, 0.25) is 11.8 Å². The van der Waals surface area contributed by atoms with Crippen molar-refractivity contribution in [3.63, 3.8) is 0 Å². The summed E-state index contributed by atoms with van der Waals surface area (Å²) in [4.78, 5) is 37.6. The van der Waals surface area contributed by atoms with Gasteiger partial charge in [-0.1, -0.05) is 65.5 Å². The Balaban J connectivity index is 0.00000616. The monoisotopic (exact) mass is 575 g/mol. The number of hydrogen-bond donors (Lipinski definition) is 3. The summed E-state index contributed by atoms with van der Waals surface area (Å²) in [6.07, 6.45) is 2.99.